The number of hydrogen-bond donors (Lipinski definition) is 0. The summed E-state index contributed by atoms with van der Waals surface area (Å²) < 4.78 is 0. The molecular formula is C16H17BrN2. The molecular weight excluding hydrogens is 300 g/mol. The maximum Gasteiger partial charge on any atom is 0.131 e. The summed E-state index contributed by atoms with van der Waals surface area (Å²) in [6.45, 7) is 4.17. The highest BCUT2D eigenvalue weighted by atomic mass is 79.9. The lowest BCUT2D eigenvalue weighted by Crippen LogP contribution is -2.31. The van der Waals surface area contributed by atoms with Crippen LogP contribution < -0.4 is 4.90 Å². The van der Waals surface area contributed by atoms with Crippen molar-refractivity contribution in [2.45, 2.75) is 25.2 Å². The molecule has 0 saturated carbocycles. The van der Waals surface area contributed by atoms with Gasteiger partial charge in [-0.25, -0.2) is 4.98 Å². The molecule has 0 radical (unpaired) electrons. The van der Waals surface area contributed by atoms with Crippen molar-refractivity contribution in [1.82, 2.24) is 4.98 Å². The van der Waals surface area contributed by atoms with Gasteiger partial charge in [0.05, 0.1) is 0 Å². The lowest BCUT2D eigenvalue weighted by Gasteiger charge is -2.30. The third kappa shape index (κ3) is 2.52. The van der Waals surface area contributed by atoms with Crippen LogP contribution in [0.2, 0.25) is 0 Å². The number of fused-ring (bicyclic) bond motifs is 1. The summed E-state index contributed by atoms with van der Waals surface area (Å²) in [6.07, 6.45) is 3.08. The Hall–Kier alpha value is -1.35. The van der Waals surface area contributed by atoms with E-state index in [4.69, 9.17) is 0 Å². The van der Waals surface area contributed by atoms with E-state index in [2.05, 4.69) is 63.1 Å². The smallest absolute Gasteiger partial charge is 0.131 e. The van der Waals surface area contributed by atoms with Gasteiger partial charge in [0.15, 0.2) is 0 Å². The second-order valence-electron chi connectivity index (χ2n) is 5.06. The Bertz CT molecular complexity index is 595. The zero-order chi connectivity index (χ0) is 13.2. The van der Waals surface area contributed by atoms with E-state index in [1.807, 2.05) is 6.20 Å². The van der Waals surface area contributed by atoms with Crippen LogP contribution in [-0.4, -0.2) is 11.5 Å². The number of anilines is 1. The zero-order valence-electron chi connectivity index (χ0n) is 11.1. The Kier molecular flexibility index (Phi) is 3.56. The van der Waals surface area contributed by atoms with Crippen LogP contribution in [-0.2, 0) is 18.3 Å². The maximum atomic E-state index is 4.64. The quantitative estimate of drug-likeness (QED) is 0.782. The Morgan fingerprint density at radius 1 is 1.26 bits per heavy atom. The third-order valence-corrected chi connectivity index (χ3v) is 4.34. The molecule has 2 nitrogen and oxygen atoms in total. The second kappa shape index (κ2) is 5.33. The van der Waals surface area contributed by atoms with Crippen LogP contribution in [0.4, 0.5) is 5.82 Å². The lowest BCUT2D eigenvalue weighted by molar-refractivity contribution is 0.718. The number of hydrogen-bond acceptors (Lipinski definition) is 2. The largest absolute Gasteiger partial charge is 0.352 e. The normalized spacial score (nSPS) is 14.3. The van der Waals surface area contributed by atoms with Gasteiger partial charge in [0.2, 0.25) is 0 Å². The number of pyridine rings is 1. The Morgan fingerprint density at radius 3 is 2.79 bits per heavy atom. The summed E-state index contributed by atoms with van der Waals surface area (Å²) in [7, 11) is 0. The van der Waals surface area contributed by atoms with Gasteiger partial charge in [-0.3, -0.25) is 0 Å². The number of aryl methyl sites for hydroxylation is 1. The summed E-state index contributed by atoms with van der Waals surface area (Å²) in [5.74, 6) is 1.12. The summed E-state index contributed by atoms with van der Waals surface area (Å²) in [5.41, 5.74) is 5.41. The van der Waals surface area contributed by atoms with Gasteiger partial charge in [0, 0.05) is 24.6 Å². The fourth-order valence-electron chi connectivity index (χ4n) is 2.71. The molecule has 0 amide bonds. The molecule has 0 aliphatic carbocycles. The van der Waals surface area contributed by atoms with E-state index in [1.54, 1.807) is 0 Å². The molecule has 0 unspecified atom stereocenters. The summed E-state index contributed by atoms with van der Waals surface area (Å²) in [5, 5.41) is 0.865. The first kappa shape index (κ1) is 12.7. The fourth-order valence-corrected chi connectivity index (χ4v) is 3.01. The highest BCUT2D eigenvalue weighted by Crippen LogP contribution is 2.26. The molecule has 0 atom stereocenters. The van der Waals surface area contributed by atoms with Crippen LogP contribution in [0.5, 0.6) is 0 Å². The molecule has 0 fully saturated rings. The first-order valence-electron chi connectivity index (χ1n) is 6.61. The first-order chi connectivity index (χ1) is 9.28. The second-order valence-corrected chi connectivity index (χ2v) is 5.62. The van der Waals surface area contributed by atoms with E-state index >= 15 is 0 Å². The van der Waals surface area contributed by atoms with Gasteiger partial charge in [-0.1, -0.05) is 46.3 Å². The van der Waals surface area contributed by atoms with Crippen molar-refractivity contribution in [3.63, 3.8) is 0 Å². The van der Waals surface area contributed by atoms with Gasteiger partial charge in [-0.2, -0.15) is 0 Å². The van der Waals surface area contributed by atoms with Crippen molar-refractivity contribution in [1.29, 1.82) is 0 Å². The molecule has 0 N–H and O–H groups in total. The number of benzene rings is 1. The van der Waals surface area contributed by atoms with Crippen LogP contribution >= 0.6 is 15.9 Å². The number of alkyl halides is 1. The van der Waals surface area contributed by atoms with E-state index in [0.717, 1.165) is 30.7 Å². The predicted molar refractivity (Wildman–Crippen MR) is 82.8 cm³/mol. The molecule has 1 aromatic heterocycles. The third-order valence-electron chi connectivity index (χ3n) is 3.69. The topological polar surface area (TPSA) is 16.1 Å². The van der Waals surface area contributed by atoms with E-state index in [-0.39, 0.29) is 0 Å². The SMILES string of the molecule is Cc1cc(CBr)cnc1N1CCc2ccccc2C1. The minimum atomic E-state index is 0.865. The van der Waals surface area contributed by atoms with Gasteiger partial charge in [0.1, 0.15) is 5.82 Å². The summed E-state index contributed by atoms with van der Waals surface area (Å²) in [4.78, 5) is 7.03. The monoisotopic (exact) mass is 316 g/mol. The maximum absolute atomic E-state index is 4.64. The lowest BCUT2D eigenvalue weighted by atomic mass is 9.99. The molecule has 1 aliphatic rings. The minimum absolute atomic E-state index is 0.865. The molecule has 2 heterocycles. The van der Waals surface area contributed by atoms with Crippen molar-refractivity contribution < 1.29 is 0 Å². The number of halogens is 1. The van der Waals surface area contributed by atoms with Gasteiger partial charge in [0.25, 0.3) is 0 Å². The molecule has 0 saturated heterocycles. The first-order valence-corrected chi connectivity index (χ1v) is 7.73. The fraction of sp³-hybridized carbons (Fsp3) is 0.312. The van der Waals surface area contributed by atoms with E-state index in [1.165, 1.54) is 22.3 Å². The van der Waals surface area contributed by atoms with E-state index < -0.39 is 0 Å². The van der Waals surface area contributed by atoms with Crippen LogP contribution in [0, 0.1) is 6.92 Å². The summed E-state index contributed by atoms with van der Waals surface area (Å²) >= 11 is 3.48. The van der Waals surface area contributed by atoms with Gasteiger partial charge in [-0.05, 0) is 35.6 Å². The molecule has 1 aliphatic heterocycles. The van der Waals surface area contributed by atoms with Crippen molar-refractivity contribution >= 4 is 21.7 Å². The Labute approximate surface area is 122 Å². The molecule has 3 heteroatoms. The highest BCUT2D eigenvalue weighted by molar-refractivity contribution is 9.08. The van der Waals surface area contributed by atoms with Gasteiger partial charge >= 0.3 is 0 Å². The number of rotatable bonds is 2. The van der Waals surface area contributed by atoms with Crippen LogP contribution in [0.1, 0.15) is 22.3 Å². The van der Waals surface area contributed by atoms with Crippen molar-refractivity contribution in [3.05, 3.63) is 58.8 Å². The minimum Gasteiger partial charge on any atom is -0.352 e. The van der Waals surface area contributed by atoms with Crippen LogP contribution in [0.25, 0.3) is 0 Å². The van der Waals surface area contributed by atoms with Crippen molar-refractivity contribution in [2.75, 3.05) is 11.4 Å². The summed E-state index contributed by atoms with van der Waals surface area (Å²) in [6, 6.07) is 10.9. The standard InChI is InChI=1S/C16H17BrN2/c1-12-8-13(9-17)10-18-16(12)19-7-6-14-4-2-3-5-15(14)11-19/h2-5,8,10H,6-7,9,11H2,1H3. The molecule has 98 valence electrons. The molecule has 2 aromatic rings. The van der Waals surface area contributed by atoms with Crippen LogP contribution in [0.3, 0.4) is 0 Å². The molecule has 1 aromatic carbocycles. The average Bonchev–Trinajstić information content (AvgIpc) is 2.46. The Morgan fingerprint density at radius 2 is 2.05 bits per heavy atom. The predicted octanol–water partition coefficient (Wildman–Crippen LogP) is 3.85. The average molecular weight is 317 g/mol. The van der Waals surface area contributed by atoms with Gasteiger partial charge in [-0.15, -0.1) is 0 Å². The number of aromatic nitrogens is 1. The van der Waals surface area contributed by atoms with Crippen LogP contribution in [0.15, 0.2) is 36.5 Å². The van der Waals surface area contributed by atoms with Crippen molar-refractivity contribution in [2.24, 2.45) is 0 Å². The van der Waals surface area contributed by atoms with E-state index in [9.17, 15) is 0 Å². The Balaban J connectivity index is 1.89. The van der Waals surface area contributed by atoms with E-state index in [0.29, 0.717) is 0 Å². The molecule has 0 spiro atoms. The van der Waals surface area contributed by atoms with Gasteiger partial charge < -0.3 is 4.90 Å². The highest BCUT2D eigenvalue weighted by Gasteiger charge is 2.18. The zero-order valence-corrected chi connectivity index (χ0v) is 12.7. The molecule has 0 bridgehead atoms. The molecule has 19 heavy (non-hydrogen) atoms. The van der Waals surface area contributed by atoms with Crippen molar-refractivity contribution in [3.8, 4) is 0 Å². The number of nitrogens with zero attached hydrogens (tertiary/aromatic N) is 2. The molecule has 3 rings (SSSR count).